The Morgan fingerprint density at radius 3 is 2.48 bits per heavy atom. The van der Waals surface area contributed by atoms with Crippen LogP contribution in [0, 0.1) is 0 Å². The number of nitrogens with one attached hydrogen (secondary N) is 1. The highest BCUT2D eigenvalue weighted by Gasteiger charge is 2.29. The van der Waals surface area contributed by atoms with E-state index in [0.29, 0.717) is 31.5 Å². The van der Waals surface area contributed by atoms with Crippen molar-refractivity contribution in [1.82, 2.24) is 0 Å². The molecule has 3 aromatic carbocycles. The molecule has 1 saturated heterocycles. The van der Waals surface area contributed by atoms with Gasteiger partial charge in [0.25, 0.3) is 5.91 Å². The Bertz CT molecular complexity index is 1180. The zero-order valence-corrected chi connectivity index (χ0v) is 17.1. The molecule has 0 spiro atoms. The van der Waals surface area contributed by atoms with Crippen molar-refractivity contribution in [3.05, 3.63) is 66.2 Å². The van der Waals surface area contributed by atoms with E-state index in [2.05, 4.69) is 5.32 Å². The first kappa shape index (κ1) is 19.3. The molecule has 5 rings (SSSR count). The van der Waals surface area contributed by atoms with E-state index in [-0.39, 0.29) is 17.7 Å². The van der Waals surface area contributed by atoms with Crippen molar-refractivity contribution in [2.24, 2.45) is 0 Å². The summed E-state index contributed by atoms with van der Waals surface area (Å²) in [5, 5.41) is 4.95. The van der Waals surface area contributed by atoms with E-state index in [4.69, 9.17) is 0 Å². The quantitative estimate of drug-likeness (QED) is 0.653. The van der Waals surface area contributed by atoms with Gasteiger partial charge in [0.2, 0.25) is 11.8 Å². The van der Waals surface area contributed by atoms with Gasteiger partial charge in [0.15, 0.2) is 0 Å². The lowest BCUT2D eigenvalue weighted by Crippen LogP contribution is -2.28. The van der Waals surface area contributed by atoms with E-state index in [0.717, 1.165) is 40.7 Å². The minimum Gasteiger partial charge on any atom is -0.326 e. The van der Waals surface area contributed by atoms with Crippen LogP contribution in [0.15, 0.2) is 60.7 Å². The zero-order chi connectivity index (χ0) is 21.4. The summed E-state index contributed by atoms with van der Waals surface area (Å²) in [7, 11) is 0. The molecule has 2 heterocycles. The third-order valence-corrected chi connectivity index (χ3v) is 5.97. The molecule has 2 aliphatic heterocycles. The first-order chi connectivity index (χ1) is 15.1. The van der Waals surface area contributed by atoms with E-state index in [9.17, 15) is 14.4 Å². The van der Waals surface area contributed by atoms with Crippen molar-refractivity contribution in [3.8, 4) is 0 Å². The van der Waals surface area contributed by atoms with E-state index in [1.54, 1.807) is 9.80 Å². The number of nitrogens with zero attached hydrogens (tertiary/aromatic N) is 2. The molecule has 156 valence electrons. The third-order valence-electron chi connectivity index (χ3n) is 5.97. The summed E-state index contributed by atoms with van der Waals surface area (Å²) in [4.78, 5) is 40.6. The predicted molar refractivity (Wildman–Crippen MR) is 122 cm³/mol. The monoisotopic (exact) mass is 413 g/mol. The van der Waals surface area contributed by atoms with Crippen LogP contribution in [0.25, 0.3) is 10.8 Å². The van der Waals surface area contributed by atoms with Crippen LogP contribution in [0.2, 0.25) is 0 Å². The normalized spacial score (nSPS) is 15.2. The van der Waals surface area contributed by atoms with Gasteiger partial charge in [-0.15, -0.1) is 0 Å². The van der Waals surface area contributed by atoms with E-state index < -0.39 is 0 Å². The summed E-state index contributed by atoms with van der Waals surface area (Å²) in [6.45, 7) is 1.24. The van der Waals surface area contributed by atoms with Gasteiger partial charge in [0, 0.05) is 48.3 Å². The molecule has 0 unspecified atom stereocenters. The smallest absolute Gasteiger partial charge is 0.258 e. The molecule has 6 nitrogen and oxygen atoms in total. The number of amides is 3. The lowest BCUT2D eigenvalue weighted by Gasteiger charge is -2.18. The highest BCUT2D eigenvalue weighted by molar-refractivity contribution is 6.25. The summed E-state index contributed by atoms with van der Waals surface area (Å²) < 4.78 is 0. The number of anilines is 3. The van der Waals surface area contributed by atoms with Crippen LogP contribution >= 0.6 is 0 Å². The number of carbonyl (C=O) groups excluding carboxylic acids is 3. The molecule has 6 heteroatoms. The summed E-state index contributed by atoms with van der Waals surface area (Å²) in [6, 6.07) is 19.1. The molecule has 0 saturated carbocycles. The number of carbonyl (C=O) groups is 3. The molecule has 3 amide bonds. The van der Waals surface area contributed by atoms with Gasteiger partial charge in [-0.1, -0.05) is 24.3 Å². The molecule has 0 aromatic heterocycles. The van der Waals surface area contributed by atoms with E-state index in [1.807, 2.05) is 60.7 Å². The molecule has 0 atom stereocenters. The Morgan fingerprint density at radius 2 is 1.74 bits per heavy atom. The van der Waals surface area contributed by atoms with Gasteiger partial charge in [0.05, 0.1) is 5.69 Å². The van der Waals surface area contributed by atoms with E-state index in [1.165, 1.54) is 0 Å². The van der Waals surface area contributed by atoms with Gasteiger partial charge in [-0.2, -0.15) is 0 Å². The summed E-state index contributed by atoms with van der Waals surface area (Å²) in [5.74, 6) is 0.0534. The second kappa shape index (κ2) is 7.87. The Labute approximate surface area is 180 Å². The maximum Gasteiger partial charge on any atom is 0.258 e. The fourth-order valence-corrected chi connectivity index (χ4v) is 4.47. The van der Waals surface area contributed by atoms with Crippen LogP contribution < -0.4 is 15.1 Å². The SMILES string of the molecule is O=C(CCCN1C(=O)c2cccc3cccc1c23)Nc1ccc(N2CCCC2=O)cc1. The van der Waals surface area contributed by atoms with Crippen molar-refractivity contribution in [2.45, 2.75) is 25.7 Å². The molecular weight excluding hydrogens is 390 g/mol. The number of hydrogen-bond acceptors (Lipinski definition) is 3. The minimum atomic E-state index is -0.0904. The topological polar surface area (TPSA) is 69.7 Å². The second-order valence-electron chi connectivity index (χ2n) is 7.99. The standard InChI is InChI=1S/C25H23N3O3/c29-22(26-18-11-13-19(14-12-18)27-15-4-10-23(27)30)9-3-16-28-21-8-2-6-17-5-1-7-20(24(17)21)25(28)31/h1-2,5-8,11-14H,3-4,9-10,15-16H2,(H,26,29). The average molecular weight is 413 g/mol. The molecule has 2 aliphatic rings. The third kappa shape index (κ3) is 3.54. The molecular formula is C25H23N3O3. The molecule has 0 aliphatic carbocycles. The second-order valence-corrected chi connectivity index (χ2v) is 7.99. The lowest BCUT2D eigenvalue weighted by molar-refractivity contribution is -0.117. The van der Waals surface area contributed by atoms with E-state index >= 15 is 0 Å². The van der Waals surface area contributed by atoms with Crippen molar-refractivity contribution in [2.75, 3.05) is 28.2 Å². The summed E-state index contributed by atoms with van der Waals surface area (Å²) in [6.07, 6.45) is 2.37. The van der Waals surface area contributed by atoms with Gasteiger partial charge < -0.3 is 15.1 Å². The molecule has 3 aromatic rings. The molecule has 31 heavy (non-hydrogen) atoms. The largest absolute Gasteiger partial charge is 0.326 e. The molecule has 0 bridgehead atoms. The Hall–Kier alpha value is -3.67. The number of rotatable bonds is 6. The molecule has 1 N–H and O–H groups in total. The van der Waals surface area contributed by atoms with Crippen molar-refractivity contribution < 1.29 is 14.4 Å². The summed E-state index contributed by atoms with van der Waals surface area (Å²) >= 11 is 0. The average Bonchev–Trinajstić information content (AvgIpc) is 3.32. The Kier molecular flexibility index (Phi) is 4.90. The van der Waals surface area contributed by atoms with Crippen LogP contribution in [0.3, 0.4) is 0 Å². The lowest BCUT2D eigenvalue weighted by atomic mass is 10.1. The van der Waals surface area contributed by atoms with Gasteiger partial charge in [-0.3, -0.25) is 14.4 Å². The maximum absolute atomic E-state index is 12.8. The Balaban J connectivity index is 1.17. The first-order valence-corrected chi connectivity index (χ1v) is 10.7. The highest BCUT2D eigenvalue weighted by atomic mass is 16.2. The van der Waals surface area contributed by atoms with Crippen molar-refractivity contribution in [1.29, 1.82) is 0 Å². The molecule has 0 radical (unpaired) electrons. The van der Waals surface area contributed by atoms with Crippen molar-refractivity contribution in [3.63, 3.8) is 0 Å². The number of hydrogen-bond donors (Lipinski definition) is 1. The van der Waals surface area contributed by atoms with Gasteiger partial charge in [-0.25, -0.2) is 0 Å². The van der Waals surface area contributed by atoms with Crippen LogP contribution in [0.4, 0.5) is 17.1 Å². The fraction of sp³-hybridized carbons (Fsp3) is 0.240. The first-order valence-electron chi connectivity index (χ1n) is 10.7. The zero-order valence-electron chi connectivity index (χ0n) is 17.1. The van der Waals surface area contributed by atoms with Crippen LogP contribution in [0.1, 0.15) is 36.0 Å². The van der Waals surface area contributed by atoms with Crippen LogP contribution in [-0.2, 0) is 9.59 Å². The minimum absolute atomic E-state index is 0.000688. The van der Waals surface area contributed by atoms with Gasteiger partial charge in [0.1, 0.15) is 0 Å². The van der Waals surface area contributed by atoms with Crippen molar-refractivity contribution >= 4 is 45.6 Å². The Morgan fingerprint density at radius 1 is 0.968 bits per heavy atom. The fourth-order valence-electron chi connectivity index (χ4n) is 4.47. The van der Waals surface area contributed by atoms with Crippen LogP contribution in [-0.4, -0.2) is 30.8 Å². The maximum atomic E-state index is 12.8. The predicted octanol–water partition coefficient (Wildman–Crippen LogP) is 4.35. The highest BCUT2D eigenvalue weighted by Crippen LogP contribution is 2.37. The van der Waals surface area contributed by atoms with Crippen LogP contribution in [0.5, 0.6) is 0 Å². The van der Waals surface area contributed by atoms with Gasteiger partial charge >= 0.3 is 0 Å². The van der Waals surface area contributed by atoms with Gasteiger partial charge in [-0.05, 0) is 54.6 Å². The molecule has 1 fully saturated rings. The number of benzene rings is 3. The summed E-state index contributed by atoms with van der Waals surface area (Å²) in [5.41, 5.74) is 3.22.